The first kappa shape index (κ1) is 15.5. The van der Waals surface area contributed by atoms with Crippen LogP contribution >= 0.6 is 0 Å². The molecule has 0 aliphatic carbocycles. The summed E-state index contributed by atoms with van der Waals surface area (Å²) in [6.07, 6.45) is 1.86. The Balaban J connectivity index is 1.71. The molecule has 1 fully saturated rings. The first-order chi connectivity index (χ1) is 9.69. The summed E-state index contributed by atoms with van der Waals surface area (Å²) in [6.45, 7) is 14.2. The molecule has 114 valence electrons. The van der Waals surface area contributed by atoms with Crippen LogP contribution in [0.2, 0.25) is 0 Å². The summed E-state index contributed by atoms with van der Waals surface area (Å²) in [4.78, 5) is 9.24. The molecule has 1 aliphatic rings. The second-order valence-corrected chi connectivity index (χ2v) is 5.63. The molecule has 0 radical (unpaired) electrons. The molecule has 0 aromatic carbocycles. The van der Waals surface area contributed by atoms with Gasteiger partial charge in [-0.2, -0.15) is 0 Å². The first-order valence-electron chi connectivity index (χ1n) is 7.66. The zero-order valence-corrected chi connectivity index (χ0v) is 13.0. The van der Waals surface area contributed by atoms with Crippen molar-refractivity contribution in [2.45, 2.75) is 33.2 Å². The van der Waals surface area contributed by atoms with Gasteiger partial charge in [0.05, 0.1) is 19.3 Å². The fraction of sp³-hybridized carbons (Fsp3) is 0.800. The van der Waals surface area contributed by atoms with Gasteiger partial charge in [0.15, 0.2) is 0 Å². The standard InChI is InChI=1S/C15H27N3O2/c1-4-19-10-9-17-5-7-18(8-6-17)12-15-16-11-14(20-15)13(2)3/h11,13H,4-10,12H2,1-3H3. The molecule has 0 N–H and O–H groups in total. The van der Waals surface area contributed by atoms with Gasteiger partial charge in [0, 0.05) is 45.2 Å². The Morgan fingerprint density at radius 3 is 2.55 bits per heavy atom. The molecule has 2 rings (SSSR count). The number of hydrogen-bond donors (Lipinski definition) is 0. The van der Waals surface area contributed by atoms with E-state index >= 15 is 0 Å². The van der Waals surface area contributed by atoms with Crippen LogP contribution < -0.4 is 0 Å². The van der Waals surface area contributed by atoms with Crippen LogP contribution in [0.15, 0.2) is 10.6 Å². The molecule has 5 nitrogen and oxygen atoms in total. The van der Waals surface area contributed by atoms with Gasteiger partial charge in [-0.1, -0.05) is 13.8 Å². The fourth-order valence-electron chi connectivity index (χ4n) is 2.36. The van der Waals surface area contributed by atoms with Crippen LogP contribution in [0.3, 0.4) is 0 Å². The first-order valence-corrected chi connectivity index (χ1v) is 7.66. The van der Waals surface area contributed by atoms with Gasteiger partial charge in [0.25, 0.3) is 0 Å². The van der Waals surface area contributed by atoms with Crippen LogP contribution in [-0.4, -0.2) is 60.7 Å². The van der Waals surface area contributed by atoms with Crippen molar-refractivity contribution in [2.24, 2.45) is 0 Å². The second kappa shape index (κ2) is 7.76. The minimum atomic E-state index is 0.409. The van der Waals surface area contributed by atoms with E-state index in [0.29, 0.717) is 5.92 Å². The highest BCUT2D eigenvalue weighted by molar-refractivity contribution is 4.99. The van der Waals surface area contributed by atoms with Gasteiger partial charge < -0.3 is 9.15 Å². The molecule has 0 unspecified atom stereocenters. The highest BCUT2D eigenvalue weighted by atomic mass is 16.5. The maximum absolute atomic E-state index is 5.77. The van der Waals surface area contributed by atoms with Crippen molar-refractivity contribution in [3.63, 3.8) is 0 Å². The maximum Gasteiger partial charge on any atom is 0.208 e. The summed E-state index contributed by atoms with van der Waals surface area (Å²) < 4.78 is 11.2. The van der Waals surface area contributed by atoms with E-state index in [-0.39, 0.29) is 0 Å². The number of nitrogens with zero attached hydrogens (tertiary/aromatic N) is 3. The normalized spacial score (nSPS) is 18.0. The van der Waals surface area contributed by atoms with E-state index in [4.69, 9.17) is 9.15 Å². The Morgan fingerprint density at radius 1 is 1.25 bits per heavy atom. The van der Waals surface area contributed by atoms with Gasteiger partial charge in [-0.25, -0.2) is 4.98 Å². The summed E-state index contributed by atoms with van der Waals surface area (Å²) >= 11 is 0. The number of ether oxygens (including phenoxy) is 1. The van der Waals surface area contributed by atoms with Crippen molar-refractivity contribution in [3.8, 4) is 0 Å². The molecule has 0 bridgehead atoms. The summed E-state index contributed by atoms with van der Waals surface area (Å²) in [7, 11) is 0. The second-order valence-electron chi connectivity index (χ2n) is 5.63. The van der Waals surface area contributed by atoms with Crippen molar-refractivity contribution in [1.29, 1.82) is 0 Å². The van der Waals surface area contributed by atoms with Crippen LogP contribution in [0.1, 0.15) is 38.3 Å². The lowest BCUT2D eigenvalue weighted by molar-refractivity contribution is 0.0755. The third kappa shape index (κ3) is 4.58. The Kier molecular flexibility index (Phi) is 6.01. The number of piperazine rings is 1. The highest BCUT2D eigenvalue weighted by Crippen LogP contribution is 2.16. The van der Waals surface area contributed by atoms with E-state index in [2.05, 4.69) is 28.6 Å². The Labute approximate surface area is 121 Å². The zero-order valence-electron chi connectivity index (χ0n) is 13.0. The van der Waals surface area contributed by atoms with Crippen molar-refractivity contribution in [2.75, 3.05) is 45.9 Å². The van der Waals surface area contributed by atoms with E-state index < -0.39 is 0 Å². The van der Waals surface area contributed by atoms with E-state index in [1.165, 1.54) is 0 Å². The van der Waals surface area contributed by atoms with Crippen LogP contribution in [0, 0.1) is 0 Å². The summed E-state index contributed by atoms with van der Waals surface area (Å²) in [5.74, 6) is 2.23. The molecule has 2 heterocycles. The van der Waals surface area contributed by atoms with E-state index in [1.54, 1.807) is 0 Å². The van der Waals surface area contributed by atoms with Gasteiger partial charge in [-0.15, -0.1) is 0 Å². The minimum Gasteiger partial charge on any atom is -0.444 e. The predicted molar refractivity (Wildman–Crippen MR) is 78.8 cm³/mol. The molecule has 1 aromatic rings. The third-order valence-electron chi connectivity index (χ3n) is 3.72. The summed E-state index contributed by atoms with van der Waals surface area (Å²) in [6, 6.07) is 0. The molecular weight excluding hydrogens is 254 g/mol. The maximum atomic E-state index is 5.77. The Bertz CT molecular complexity index is 384. The summed E-state index contributed by atoms with van der Waals surface area (Å²) in [5, 5.41) is 0. The number of aromatic nitrogens is 1. The SMILES string of the molecule is CCOCCN1CCN(Cc2ncc(C(C)C)o2)CC1. The molecule has 0 amide bonds. The van der Waals surface area contributed by atoms with E-state index in [0.717, 1.165) is 64.1 Å². The van der Waals surface area contributed by atoms with Crippen LogP contribution in [-0.2, 0) is 11.3 Å². The largest absolute Gasteiger partial charge is 0.444 e. The third-order valence-corrected chi connectivity index (χ3v) is 3.72. The molecule has 0 saturated carbocycles. The smallest absolute Gasteiger partial charge is 0.208 e. The fourth-order valence-corrected chi connectivity index (χ4v) is 2.36. The molecule has 1 aromatic heterocycles. The van der Waals surface area contributed by atoms with Crippen LogP contribution in [0.4, 0.5) is 0 Å². The summed E-state index contributed by atoms with van der Waals surface area (Å²) in [5.41, 5.74) is 0. The Hall–Kier alpha value is -0.910. The van der Waals surface area contributed by atoms with Crippen molar-refractivity contribution in [1.82, 2.24) is 14.8 Å². The minimum absolute atomic E-state index is 0.409. The lowest BCUT2D eigenvalue weighted by Crippen LogP contribution is -2.46. The Morgan fingerprint density at radius 2 is 1.95 bits per heavy atom. The average Bonchev–Trinajstić information content (AvgIpc) is 2.90. The van der Waals surface area contributed by atoms with Crippen LogP contribution in [0.5, 0.6) is 0 Å². The lowest BCUT2D eigenvalue weighted by Gasteiger charge is -2.33. The highest BCUT2D eigenvalue weighted by Gasteiger charge is 2.18. The average molecular weight is 281 g/mol. The van der Waals surface area contributed by atoms with Crippen molar-refractivity contribution in [3.05, 3.63) is 17.8 Å². The molecular formula is C15H27N3O2. The zero-order chi connectivity index (χ0) is 14.4. The molecule has 20 heavy (non-hydrogen) atoms. The number of rotatable bonds is 7. The molecule has 0 spiro atoms. The number of hydrogen-bond acceptors (Lipinski definition) is 5. The van der Waals surface area contributed by atoms with Crippen molar-refractivity contribution >= 4 is 0 Å². The van der Waals surface area contributed by atoms with Gasteiger partial charge in [-0.3, -0.25) is 9.80 Å². The molecule has 5 heteroatoms. The number of oxazole rings is 1. The molecule has 0 atom stereocenters. The van der Waals surface area contributed by atoms with E-state index in [1.807, 2.05) is 13.1 Å². The van der Waals surface area contributed by atoms with Gasteiger partial charge in [0.2, 0.25) is 5.89 Å². The van der Waals surface area contributed by atoms with Gasteiger partial charge in [-0.05, 0) is 6.92 Å². The van der Waals surface area contributed by atoms with Crippen LogP contribution in [0.25, 0.3) is 0 Å². The quantitative estimate of drug-likeness (QED) is 0.715. The van der Waals surface area contributed by atoms with Gasteiger partial charge >= 0.3 is 0 Å². The van der Waals surface area contributed by atoms with Crippen molar-refractivity contribution < 1.29 is 9.15 Å². The monoisotopic (exact) mass is 281 g/mol. The van der Waals surface area contributed by atoms with E-state index in [9.17, 15) is 0 Å². The molecule has 1 aliphatic heterocycles. The topological polar surface area (TPSA) is 41.7 Å². The lowest BCUT2D eigenvalue weighted by atomic mass is 10.2. The van der Waals surface area contributed by atoms with Gasteiger partial charge in [0.1, 0.15) is 5.76 Å². The predicted octanol–water partition coefficient (Wildman–Crippen LogP) is 1.95. The molecule has 1 saturated heterocycles.